The molecule has 0 fully saturated rings. The van der Waals surface area contributed by atoms with Gasteiger partial charge in [0.25, 0.3) is 0 Å². The fraction of sp³-hybridized carbons (Fsp3) is 0.472. The Morgan fingerprint density at radius 2 is 1.57 bits per heavy atom. The molecule has 11 nitrogen and oxygen atoms in total. The van der Waals surface area contributed by atoms with Gasteiger partial charge in [0.15, 0.2) is 17.6 Å². The van der Waals surface area contributed by atoms with E-state index >= 15 is 0 Å². The van der Waals surface area contributed by atoms with Crippen molar-refractivity contribution in [3.05, 3.63) is 58.3 Å². The highest BCUT2D eigenvalue weighted by atomic mass is 16.6. The highest BCUT2D eigenvalue weighted by Gasteiger charge is 2.51. The predicted molar refractivity (Wildman–Crippen MR) is 187 cm³/mol. The Bertz CT molecular complexity index is 1880. The fourth-order valence-electron chi connectivity index (χ4n) is 6.36. The molecule has 3 aromatic carbocycles. The van der Waals surface area contributed by atoms with Gasteiger partial charge >= 0.3 is 12.2 Å². The van der Waals surface area contributed by atoms with Gasteiger partial charge in [0.2, 0.25) is 0 Å². The number of amides is 2. The minimum Gasteiger partial charge on any atom is -0.483 e. The zero-order chi connectivity index (χ0) is 34.2. The van der Waals surface area contributed by atoms with Gasteiger partial charge in [-0.2, -0.15) is 0 Å². The topological polar surface area (TPSA) is 106 Å². The number of nitrogens with one attached hydrogen (secondary N) is 1. The summed E-state index contributed by atoms with van der Waals surface area (Å²) >= 11 is 0. The van der Waals surface area contributed by atoms with E-state index in [4.69, 9.17) is 14.2 Å². The first-order valence-electron chi connectivity index (χ1n) is 16.2. The Kier molecular flexibility index (Phi) is 9.58. The summed E-state index contributed by atoms with van der Waals surface area (Å²) in [5.41, 5.74) is 1.10. The molecule has 47 heavy (non-hydrogen) atoms. The molecular weight excluding hydrogens is 598 g/mol. The van der Waals surface area contributed by atoms with Crippen molar-refractivity contribution in [3.8, 4) is 5.75 Å². The molecule has 1 aromatic heterocycles. The summed E-state index contributed by atoms with van der Waals surface area (Å²) in [7, 11) is 8.25. The molecule has 0 unspecified atom stereocenters. The van der Waals surface area contributed by atoms with Gasteiger partial charge in [0.1, 0.15) is 11.4 Å². The predicted octanol–water partition coefficient (Wildman–Crippen LogP) is 5.97. The average Bonchev–Trinajstić information content (AvgIpc) is 3.03. The Morgan fingerprint density at radius 3 is 2.19 bits per heavy atom. The molecule has 1 aliphatic rings. The van der Waals surface area contributed by atoms with Crippen LogP contribution >= 0.6 is 0 Å². The maximum Gasteiger partial charge on any atom is 0.409 e. The van der Waals surface area contributed by atoms with Gasteiger partial charge in [-0.05, 0) is 62.8 Å². The van der Waals surface area contributed by atoms with Gasteiger partial charge in [0.05, 0.1) is 27.7 Å². The number of hydrogen-bond donors (Lipinski definition) is 1. The molecule has 252 valence electrons. The second-order valence-corrected chi connectivity index (χ2v) is 13.1. The SMILES string of the molecule is CCN(CC)CCCNc1cc2c(c3c1c(=O)c1cc4ccccc4cc1n3C)[C@H](OC(=O)N(C)C)[C@H](OC(=O)N(C)C)C(C)(C)O2. The maximum absolute atomic E-state index is 14.6. The summed E-state index contributed by atoms with van der Waals surface area (Å²) in [6, 6.07) is 13.7. The largest absolute Gasteiger partial charge is 0.483 e. The average molecular weight is 646 g/mol. The normalized spacial score (nSPS) is 17.0. The monoisotopic (exact) mass is 645 g/mol. The minimum atomic E-state index is -1.10. The van der Waals surface area contributed by atoms with Gasteiger partial charge in [-0.3, -0.25) is 4.79 Å². The zero-order valence-corrected chi connectivity index (χ0v) is 29.0. The van der Waals surface area contributed by atoms with Crippen LogP contribution in [0.15, 0.2) is 47.3 Å². The van der Waals surface area contributed by atoms with Crippen LogP contribution in [0.25, 0.3) is 32.6 Å². The molecule has 2 amide bonds. The van der Waals surface area contributed by atoms with Crippen molar-refractivity contribution >= 4 is 50.5 Å². The summed E-state index contributed by atoms with van der Waals surface area (Å²) < 4.78 is 20.7. The highest BCUT2D eigenvalue weighted by molar-refractivity contribution is 6.06. The number of fused-ring (bicyclic) bond motifs is 5. The summed E-state index contributed by atoms with van der Waals surface area (Å²) in [6.45, 7) is 11.4. The molecule has 4 aromatic rings. The first-order valence-corrected chi connectivity index (χ1v) is 16.2. The van der Waals surface area contributed by atoms with Crippen molar-refractivity contribution in [2.75, 3.05) is 59.7 Å². The fourth-order valence-corrected chi connectivity index (χ4v) is 6.36. The lowest BCUT2D eigenvalue weighted by Gasteiger charge is -2.44. The molecule has 5 rings (SSSR count). The van der Waals surface area contributed by atoms with Gasteiger partial charge in [-0.1, -0.05) is 38.1 Å². The van der Waals surface area contributed by atoms with Crippen LogP contribution in [0.4, 0.5) is 15.3 Å². The smallest absolute Gasteiger partial charge is 0.409 e. The molecule has 0 aliphatic carbocycles. The van der Waals surface area contributed by atoms with E-state index in [1.165, 1.54) is 9.80 Å². The molecule has 1 N–H and O–H groups in total. The number of carbonyl (C=O) groups is 2. The Morgan fingerprint density at radius 1 is 0.957 bits per heavy atom. The summed E-state index contributed by atoms with van der Waals surface area (Å²) in [5, 5.41) is 6.51. The van der Waals surface area contributed by atoms with Crippen molar-refractivity contribution in [1.29, 1.82) is 0 Å². The van der Waals surface area contributed by atoms with E-state index in [1.807, 2.05) is 54.1 Å². The molecule has 0 spiro atoms. The standard InChI is InChI=1S/C36H47N5O6/c1-10-41(11-2)18-14-17-37-25-21-27-29(32(45-34(43)38(5)6)33(36(3,4)47-27)46-35(44)39(7)8)30-28(25)31(42)24-19-22-15-12-13-16-23(22)20-26(24)40(30)9/h12-13,15-16,19-21,32-33,37H,10-11,14,17-18H2,1-9H3/t32-,33-/m0/s1. The number of rotatable bonds is 9. The lowest BCUT2D eigenvalue weighted by atomic mass is 9.86. The van der Waals surface area contributed by atoms with E-state index < -0.39 is 30.0 Å². The second-order valence-electron chi connectivity index (χ2n) is 13.1. The van der Waals surface area contributed by atoms with Gasteiger partial charge in [-0.25, -0.2) is 9.59 Å². The van der Waals surface area contributed by atoms with Crippen LogP contribution in [0, 0.1) is 0 Å². The van der Waals surface area contributed by atoms with Crippen LogP contribution in [0.5, 0.6) is 5.75 Å². The molecule has 0 saturated heterocycles. The third-order valence-electron chi connectivity index (χ3n) is 9.00. The quantitative estimate of drug-likeness (QED) is 0.176. The van der Waals surface area contributed by atoms with Gasteiger partial charge in [-0.15, -0.1) is 0 Å². The Balaban J connectivity index is 1.81. The minimum absolute atomic E-state index is 0.155. The third-order valence-corrected chi connectivity index (χ3v) is 9.00. The summed E-state index contributed by atoms with van der Waals surface area (Å²) in [6.07, 6.45) is -2.48. The molecule has 0 bridgehead atoms. The number of aryl methyl sites for hydroxylation is 1. The first kappa shape index (κ1) is 33.8. The van der Waals surface area contributed by atoms with Crippen molar-refractivity contribution in [1.82, 2.24) is 19.3 Å². The number of hydrogen-bond acceptors (Lipinski definition) is 8. The van der Waals surface area contributed by atoms with Crippen molar-refractivity contribution in [3.63, 3.8) is 0 Å². The third kappa shape index (κ3) is 6.41. The van der Waals surface area contributed by atoms with E-state index in [-0.39, 0.29) is 5.43 Å². The van der Waals surface area contributed by atoms with Gasteiger partial charge in [0, 0.05) is 53.2 Å². The lowest BCUT2D eigenvalue weighted by molar-refractivity contribution is -0.122. The maximum atomic E-state index is 14.6. The van der Waals surface area contributed by atoms with Crippen molar-refractivity contribution in [2.24, 2.45) is 7.05 Å². The summed E-state index contributed by atoms with van der Waals surface area (Å²) in [4.78, 5) is 45.8. The van der Waals surface area contributed by atoms with Crippen LogP contribution in [-0.4, -0.2) is 97.5 Å². The van der Waals surface area contributed by atoms with E-state index in [0.717, 1.165) is 36.8 Å². The van der Waals surface area contributed by atoms with E-state index in [2.05, 4.69) is 24.1 Å². The van der Waals surface area contributed by atoms with Crippen molar-refractivity contribution < 1.29 is 23.8 Å². The van der Waals surface area contributed by atoms with Crippen LogP contribution in [-0.2, 0) is 16.5 Å². The van der Waals surface area contributed by atoms with Crippen LogP contribution in [0.1, 0.15) is 45.8 Å². The Labute approximate surface area is 275 Å². The number of carbonyl (C=O) groups excluding carboxylic acids is 2. The second kappa shape index (κ2) is 13.3. The molecule has 1 aliphatic heterocycles. The molecule has 0 radical (unpaired) electrons. The van der Waals surface area contributed by atoms with Gasteiger partial charge < -0.3 is 38.8 Å². The number of ether oxygens (including phenoxy) is 3. The lowest BCUT2D eigenvalue weighted by Crippen LogP contribution is -2.53. The van der Waals surface area contributed by atoms with E-state index in [9.17, 15) is 14.4 Å². The number of aromatic nitrogens is 1. The number of nitrogens with zero attached hydrogens (tertiary/aromatic N) is 4. The Hall–Kier alpha value is -4.51. The number of benzene rings is 3. The molecule has 0 saturated carbocycles. The number of anilines is 1. The van der Waals surface area contributed by atoms with Crippen LogP contribution in [0.3, 0.4) is 0 Å². The van der Waals surface area contributed by atoms with Crippen LogP contribution < -0.4 is 15.5 Å². The number of pyridine rings is 1. The first-order chi connectivity index (χ1) is 22.3. The van der Waals surface area contributed by atoms with Crippen molar-refractivity contribution in [2.45, 2.75) is 51.9 Å². The molecule has 2 heterocycles. The zero-order valence-electron chi connectivity index (χ0n) is 29.0. The summed E-state index contributed by atoms with van der Waals surface area (Å²) in [5.74, 6) is 0.442. The van der Waals surface area contributed by atoms with Crippen LogP contribution in [0.2, 0.25) is 0 Å². The highest BCUT2D eigenvalue weighted by Crippen LogP contribution is 2.49. The molecular formula is C36H47N5O6. The van der Waals surface area contributed by atoms with E-state index in [0.29, 0.717) is 45.4 Å². The molecule has 2 atom stereocenters. The molecule has 11 heteroatoms. The van der Waals surface area contributed by atoms with E-state index in [1.54, 1.807) is 42.0 Å².